The summed E-state index contributed by atoms with van der Waals surface area (Å²) >= 11 is 0. The lowest BCUT2D eigenvalue weighted by atomic mass is 9.81. The maximum Gasteiger partial charge on any atom is 0.326 e. The number of phenolic OH excluding ortho intramolecular Hbond substituents is 2. The molecule has 4 aromatic carbocycles. The number of phenols is 2. The number of aliphatic imine (C=N–C) groups is 3. The van der Waals surface area contributed by atoms with Crippen molar-refractivity contribution in [1.82, 2.24) is 21.3 Å². The second-order valence-corrected chi connectivity index (χ2v) is 18.9. The molecule has 0 spiro atoms. The summed E-state index contributed by atoms with van der Waals surface area (Å²) in [6, 6.07) is 14.1. The topological polar surface area (TPSA) is 403 Å². The van der Waals surface area contributed by atoms with Gasteiger partial charge in [-0.05, 0) is 116 Å². The predicted octanol–water partition coefficient (Wildman–Crippen LogP) is 3.89. The van der Waals surface area contributed by atoms with Gasteiger partial charge in [0.1, 0.15) is 52.9 Å². The fourth-order valence-electron chi connectivity index (χ4n) is 8.08. The fraction of sp³-hybridized carbons (Fsp3) is 0.375. The summed E-state index contributed by atoms with van der Waals surface area (Å²) in [5.41, 5.74) is 2.56. The highest BCUT2D eigenvalue weighted by Gasteiger charge is 2.32. The number of aliphatic carboxylic acids is 5. The summed E-state index contributed by atoms with van der Waals surface area (Å²) in [6.07, 6.45) is 2.18. The Morgan fingerprint density at radius 2 is 1.02 bits per heavy atom. The number of rotatable bonds is 35. The van der Waals surface area contributed by atoms with Crippen LogP contribution in [0, 0.1) is 12.3 Å². The third-order valence-corrected chi connectivity index (χ3v) is 12.6. The molecule has 0 aromatic heterocycles. The van der Waals surface area contributed by atoms with Crippen LogP contribution in [0.4, 0.5) is 10.5 Å². The summed E-state index contributed by atoms with van der Waals surface area (Å²) in [5, 5.41) is 80.4. The first-order valence-corrected chi connectivity index (χ1v) is 25.5. The number of carbonyl (C=O) groups is 8. The first-order valence-electron chi connectivity index (χ1n) is 25.5. The second kappa shape index (κ2) is 32.4. The lowest BCUT2D eigenvalue weighted by Gasteiger charge is -2.30. The molecule has 4 amide bonds. The summed E-state index contributed by atoms with van der Waals surface area (Å²) in [5.74, 6) is -7.68. The molecule has 26 heteroatoms. The molecule has 440 valence electrons. The lowest BCUT2D eigenvalue weighted by Crippen LogP contribution is -2.52. The van der Waals surface area contributed by atoms with Gasteiger partial charge >= 0.3 is 35.9 Å². The van der Waals surface area contributed by atoms with Crippen LogP contribution in [0.3, 0.4) is 0 Å². The minimum atomic E-state index is -1.69. The molecule has 4 rings (SSSR count). The minimum Gasteiger partial charge on any atom is -0.507 e. The van der Waals surface area contributed by atoms with E-state index in [-0.39, 0.29) is 69.0 Å². The van der Waals surface area contributed by atoms with E-state index in [9.17, 15) is 69.0 Å². The van der Waals surface area contributed by atoms with Crippen molar-refractivity contribution in [3.8, 4) is 28.7 Å². The average Bonchev–Trinajstić information content (AvgIpc) is 3.48. The van der Waals surface area contributed by atoms with Gasteiger partial charge in [-0.25, -0.2) is 14.4 Å². The molecular formula is C56H68N8O18. The number of carboxylic acids is 5. The van der Waals surface area contributed by atoms with Gasteiger partial charge in [-0.3, -0.25) is 38.9 Å². The monoisotopic (exact) mass is 1140 g/mol. The molecule has 0 aliphatic rings. The van der Waals surface area contributed by atoms with Gasteiger partial charge < -0.3 is 76.5 Å². The van der Waals surface area contributed by atoms with Gasteiger partial charge in [0.25, 0.3) is 0 Å². The Morgan fingerprint density at radius 3 is 1.51 bits per heavy atom. The van der Waals surface area contributed by atoms with Crippen LogP contribution < -0.4 is 40.8 Å². The number of carboxylic acid groups (broad SMARTS) is 5. The van der Waals surface area contributed by atoms with Gasteiger partial charge in [0.05, 0.1) is 34.2 Å². The van der Waals surface area contributed by atoms with Gasteiger partial charge in [-0.2, -0.15) is 0 Å². The van der Waals surface area contributed by atoms with Crippen LogP contribution in [0.25, 0.3) is 0 Å². The van der Waals surface area contributed by atoms with Crippen molar-refractivity contribution in [3.05, 3.63) is 107 Å². The standard InChI is InChI=1S/C56H68N8O18/c1-33-8-13-39(80-2)21-35(33)27-57-30-56(31-58-28-36-22-40(81-3)14-17-46(36)65,32-59-29-37-23-41(82-4)15-18-47(37)66)26-34-9-11-38(12-10-34)61-45(25-50(71)72)52(74)62-44(24-49(69)70)51(73)60-20-6-5-7-42(53(75)76)63-55(79)64-43(54(77)78)16-19-48(67)68/h8-15,17-18,21-23,27-29,42-45,61,65-66H,5-7,16,19-20,24-26,30-32H2,1-4H3,(H,60,73)(H,62,74)(H,67,68)(H,69,70)(H,71,72)(H,75,76)(H,77,78)(H2,63,64,79)/b57-27+,58-28-,59-29+/t42?,43?,44-,45?,56?/m0/s1. The molecule has 0 saturated heterocycles. The number of anilines is 1. The molecule has 5 atom stereocenters. The van der Waals surface area contributed by atoms with Crippen LogP contribution in [-0.2, 0) is 40.0 Å². The number of ether oxygens (including phenoxy) is 3. The Morgan fingerprint density at radius 1 is 0.549 bits per heavy atom. The van der Waals surface area contributed by atoms with E-state index in [0.717, 1.165) is 11.1 Å². The lowest BCUT2D eigenvalue weighted by molar-refractivity contribution is -0.142. The zero-order valence-electron chi connectivity index (χ0n) is 45.5. The molecule has 0 fully saturated rings. The molecule has 82 heavy (non-hydrogen) atoms. The number of urea groups is 1. The summed E-state index contributed by atoms with van der Waals surface area (Å²) in [7, 11) is 4.54. The molecule has 26 nitrogen and oxygen atoms in total. The van der Waals surface area contributed by atoms with E-state index in [1.54, 1.807) is 61.9 Å². The van der Waals surface area contributed by atoms with Crippen molar-refractivity contribution in [2.75, 3.05) is 52.8 Å². The second-order valence-electron chi connectivity index (χ2n) is 18.9. The number of aromatic hydroxyl groups is 2. The van der Waals surface area contributed by atoms with Crippen molar-refractivity contribution >= 4 is 72.0 Å². The molecule has 4 unspecified atom stereocenters. The van der Waals surface area contributed by atoms with E-state index in [1.807, 2.05) is 30.4 Å². The maximum absolute atomic E-state index is 13.7. The number of benzene rings is 4. The number of nitrogens with zero attached hydrogens (tertiary/aromatic N) is 3. The Bertz CT molecular complexity index is 2810. The van der Waals surface area contributed by atoms with Crippen LogP contribution in [-0.4, -0.2) is 174 Å². The highest BCUT2D eigenvalue weighted by molar-refractivity contribution is 5.95. The van der Waals surface area contributed by atoms with E-state index >= 15 is 0 Å². The number of hydrogen-bond donors (Lipinski definition) is 12. The largest absolute Gasteiger partial charge is 0.507 e. The molecule has 0 saturated carbocycles. The summed E-state index contributed by atoms with van der Waals surface area (Å²) in [4.78, 5) is 112. The molecule has 0 aliphatic heterocycles. The van der Waals surface area contributed by atoms with Gasteiger partial charge in [0.2, 0.25) is 11.8 Å². The van der Waals surface area contributed by atoms with E-state index in [4.69, 9.17) is 34.3 Å². The highest BCUT2D eigenvalue weighted by Crippen LogP contribution is 2.29. The zero-order chi connectivity index (χ0) is 60.4. The Kier molecular flexibility index (Phi) is 25.6. The first kappa shape index (κ1) is 64.8. The quantitative estimate of drug-likeness (QED) is 0.0230. The number of aryl methyl sites for hydroxylation is 1. The minimum absolute atomic E-state index is 0.0415. The smallest absolute Gasteiger partial charge is 0.326 e. The Hall–Kier alpha value is -9.75. The maximum atomic E-state index is 13.7. The van der Waals surface area contributed by atoms with E-state index in [2.05, 4.69) is 21.3 Å². The van der Waals surface area contributed by atoms with Crippen molar-refractivity contribution < 1.29 is 88.3 Å². The zero-order valence-corrected chi connectivity index (χ0v) is 45.5. The highest BCUT2D eigenvalue weighted by atomic mass is 16.5. The van der Waals surface area contributed by atoms with Gasteiger partial charge in [-0.15, -0.1) is 0 Å². The number of unbranched alkanes of at least 4 members (excludes halogenated alkanes) is 1. The SMILES string of the molecule is COc1ccc(O)c(/C=N\CC(C/N=C/c2cc(OC)ccc2C)(C/N=C/c2cc(OC)ccc2O)Cc2ccc(NC(CC(=O)O)C(=O)N[C@@H](CC(=O)O)C(=O)NCCCCC(NC(=O)NC(CCC(=O)O)C(=O)O)C(=O)O)cc2)c1. The fourth-order valence-corrected chi connectivity index (χ4v) is 8.08. The molecule has 4 aromatic rings. The van der Waals surface area contributed by atoms with Gasteiger partial charge in [0.15, 0.2) is 0 Å². The van der Waals surface area contributed by atoms with Crippen molar-refractivity contribution in [1.29, 1.82) is 0 Å². The third kappa shape index (κ3) is 21.8. The molecular weight excluding hydrogens is 1070 g/mol. The normalized spacial score (nSPS) is 13.5. The number of amides is 4. The van der Waals surface area contributed by atoms with E-state index < -0.39 is 103 Å². The first-order chi connectivity index (χ1) is 39.0. The van der Waals surface area contributed by atoms with Crippen LogP contribution in [0.15, 0.2) is 93.8 Å². The van der Waals surface area contributed by atoms with Crippen LogP contribution in [0.5, 0.6) is 28.7 Å². The van der Waals surface area contributed by atoms with Gasteiger partial charge in [0, 0.05) is 73.5 Å². The van der Waals surface area contributed by atoms with E-state index in [0.29, 0.717) is 33.9 Å². The van der Waals surface area contributed by atoms with Gasteiger partial charge in [-0.1, -0.05) is 18.2 Å². The van der Waals surface area contributed by atoms with Crippen LogP contribution in [0.2, 0.25) is 0 Å². The third-order valence-electron chi connectivity index (χ3n) is 12.6. The van der Waals surface area contributed by atoms with Crippen molar-refractivity contribution in [2.45, 2.75) is 82.5 Å². The van der Waals surface area contributed by atoms with Crippen molar-refractivity contribution in [2.24, 2.45) is 20.4 Å². The number of nitrogens with one attached hydrogen (secondary N) is 5. The van der Waals surface area contributed by atoms with Crippen LogP contribution in [0.1, 0.15) is 72.8 Å². The number of hydrogen-bond acceptors (Lipinski definition) is 17. The summed E-state index contributed by atoms with van der Waals surface area (Å²) < 4.78 is 16.2. The summed E-state index contributed by atoms with van der Waals surface area (Å²) in [6.45, 7) is 2.09. The number of methoxy groups -OCH3 is 3. The van der Waals surface area contributed by atoms with E-state index in [1.165, 1.54) is 38.8 Å². The predicted molar refractivity (Wildman–Crippen MR) is 299 cm³/mol. The Labute approximate surface area is 471 Å². The molecule has 0 aliphatic carbocycles. The van der Waals surface area contributed by atoms with Crippen LogP contribution >= 0.6 is 0 Å². The average molecular weight is 1140 g/mol. The molecule has 0 radical (unpaired) electrons. The molecule has 0 bridgehead atoms. The Balaban J connectivity index is 1.55. The molecule has 0 heterocycles. The number of carbonyl (C=O) groups excluding carboxylic acids is 3. The molecule has 12 N–H and O–H groups in total. The van der Waals surface area contributed by atoms with Crippen molar-refractivity contribution in [3.63, 3.8) is 0 Å².